The molecule has 1 aromatic heterocycles. The van der Waals surface area contributed by atoms with E-state index in [1.165, 1.54) is 23.3 Å². The van der Waals surface area contributed by atoms with Crippen LogP contribution in [0.3, 0.4) is 0 Å². The van der Waals surface area contributed by atoms with Gasteiger partial charge < -0.3 is 0 Å². The zero-order chi connectivity index (χ0) is 8.55. The summed E-state index contributed by atoms with van der Waals surface area (Å²) in [6.07, 6.45) is 0. The molecule has 0 bridgehead atoms. The van der Waals surface area contributed by atoms with Gasteiger partial charge in [0.15, 0.2) is 0 Å². The van der Waals surface area contributed by atoms with Crippen LogP contribution in [0.4, 0.5) is 0 Å². The number of hydrogen-bond donors (Lipinski definition) is 0. The zero-order valence-corrected chi connectivity index (χ0v) is 10.1. The molecule has 2 rings (SSSR count). The number of esters is 1. The average Bonchev–Trinajstić information content (AvgIpc) is 2.60. The second kappa shape index (κ2) is 3.39. The molecule has 0 aliphatic carbocycles. The van der Waals surface area contributed by atoms with Crippen LogP contribution in [0.25, 0.3) is 0 Å². The van der Waals surface area contributed by atoms with Crippen LogP contribution < -0.4 is 0 Å². The molecule has 12 heavy (non-hydrogen) atoms. The second-order valence-electron chi connectivity index (χ2n) is 2.54. The van der Waals surface area contributed by atoms with E-state index in [9.17, 15) is 4.79 Å². The molecule has 0 N–H and O–H groups in total. The normalized spacial score (nSPS) is 14.4. The third-order valence-corrected chi connectivity index (χ3v) is 7.24. The molecular weight excluding hydrogens is 286 g/mol. The molecule has 0 aromatic carbocycles. The predicted octanol–water partition coefficient (Wildman–Crippen LogP) is 0.248. The monoisotopic (exact) mass is 296 g/mol. The van der Waals surface area contributed by atoms with Gasteiger partial charge in [0.25, 0.3) is 0 Å². The fourth-order valence-corrected chi connectivity index (χ4v) is 7.18. The molecule has 0 radical (unpaired) electrons. The van der Waals surface area contributed by atoms with E-state index >= 15 is 0 Å². The maximum atomic E-state index is 11.1. The molecule has 4 heteroatoms. The number of ether oxygens (including phenoxy) is 1. The molecule has 0 unspecified atom stereocenters. The topological polar surface area (TPSA) is 26.3 Å². The SMILES string of the molecule is COC(=O)c1cc2c([se]1)C[Se]C2. The van der Waals surface area contributed by atoms with E-state index in [-0.39, 0.29) is 5.97 Å². The van der Waals surface area contributed by atoms with Crippen molar-refractivity contribution in [3.63, 3.8) is 0 Å². The van der Waals surface area contributed by atoms with Crippen molar-refractivity contribution in [3.8, 4) is 0 Å². The molecule has 1 aliphatic rings. The van der Waals surface area contributed by atoms with Gasteiger partial charge in [-0.25, -0.2) is 0 Å². The number of carbonyl (C=O) groups is 1. The van der Waals surface area contributed by atoms with Crippen LogP contribution in [0, 0.1) is 0 Å². The van der Waals surface area contributed by atoms with Gasteiger partial charge in [0, 0.05) is 0 Å². The first-order valence-corrected chi connectivity index (χ1v) is 7.72. The van der Waals surface area contributed by atoms with Crippen LogP contribution in [0.5, 0.6) is 0 Å². The van der Waals surface area contributed by atoms with E-state index in [0.717, 1.165) is 19.4 Å². The maximum absolute atomic E-state index is 11.1. The molecule has 0 atom stereocenters. The summed E-state index contributed by atoms with van der Waals surface area (Å²) in [5, 5.41) is 2.49. The summed E-state index contributed by atoms with van der Waals surface area (Å²) in [5.74, 6) is -0.128. The van der Waals surface area contributed by atoms with Gasteiger partial charge in [-0.15, -0.1) is 0 Å². The van der Waals surface area contributed by atoms with Gasteiger partial charge in [0.2, 0.25) is 0 Å². The van der Waals surface area contributed by atoms with Crippen LogP contribution in [0.15, 0.2) is 6.07 Å². The Morgan fingerprint density at radius 3 is 3.08 bits per heavy atom. The van der Waals surface area contributed by atoms with Crippen molar-refractivity contribution >= 4 is 35.4 Å². The van der Waals surface area contributed by atoms with Crippen LogP contribution in [-0.2, 0) is 15.4 Å². The number of methoxy groups -OCH3 is 1. The molecule has 2 nitrogen and oxygen atoms in total. The Labute approximate surface area is 83.2 Å². The average molecular weight is 294 g/mol. The fraction of sp³-hybridized carbons (Fsp3) is 0.375. The van der Waals surface area contributed by atoms with E-state index in [1.807, 2.05) is 0 Å². The first kappa shape index (κ1) is 8.58. The third kappa shape index (κ3) is 1.40. The van der Waals surface area contributed by atoms with Gasteiger partial charge in [-0.2, -0.15) is 0 Å². The van der Waals surface area contributed by atoms with Crippen molar-refractivity contribution in [2.45, 2.75) is 10.6 Å². The summed E-state index contributed by atoms with van der Waals surface area (Å²) >= 11 is 1.07. The van der Waals surface area contributed by atoms with Crippen LogP contribution in [-0.4, -0.2) is 42.5 Å². The molecule has 2 heterocycles. The van der Waals surface area contributed by atoms with Crippen molar-refractivity contribution in [2.75, 3.05) is 7.11 Å². The van der Waals surface area contributed by atoms with Gasteiger partial charge in [-0.3, -0.25) is 0 Å². The Hall–Kier alpha value is -0.0110. The van der Waals surface area contributed by atoms with E-state index in [1.54, 1.807) is 4.44 Å². The summed E-state index contributed by atoms with van der Waals surface area (Å²) < 4.78 is 7.14. The molecular formula is C8H8O2Se2. The number of hydrogen-bond acceptors (Lipinski definition) is 2. The summed E-state index contributed by atoms with van der Waals surface area (Å²) in [6.45, 7) is 0. The molecule has 0 saturated carbocycles. The first-order valence-electron chi connectivity index (χ1n) is 3.59. The van der Waals surface area contributed by atoms with Gasteiger partial charge in [-0.1, -0.05) is 0 Å². The Morgan fingerprint density at radius 1 is 1.58 bits per heavy atom. The van der Waals surface area contributed by atoms with Crippen molar-refractivity contribution in [3.05, 3.63) is 20.5 Å². The van der Waals surface area contributed by atoms with Crippen molar-refractivity contribution < 1.29 is 9.53 Å². The van der Waals surface area contributed by atoms with Crippen LogP contribution >= 0.6 is 0 Å². The van der Waals surface area contributed by atoms with E-state index < -0.39 is 0 Å². The Bertz CT molecular complexity index is 295. The fourth-order valence-electron chi connectivity index (χ4n) is 1.17. The summed E-state index contributed by atoms with van der Waals surface area (Å²) in [7, 11) is 1.45. The minimum atomic E-state index is -0.128. The third-order valence-electron chi connectivity index (χ3n) is 1.77. The van der Waals surface area contributed by atoms with Gasteiger partial charge >= 0.3 is 83.2 Å². The van der Waals surface area contributed by atoms with Crippen LogP contribution in [0.1, 0.15) is 19.2 Å². The Morgan fingerprint density at radius 2 is 2.42 bits per heavy atom. The quantitative estimate of drug-likeness (QED) is 0.548. The molecule has 0 spiro atoms. The van der Waals surface area contributed by atoms with Crippen molar-refractivity contribution in [2.24, 2.45) is 0 Å². The standard InChI is InChI=1S/C8H8O2Se2/c1-10-8(9)6-2-5-3-11-4-7(5)12-6/h2H,3-4H2,1H3. The molecule has 1 aromatic rings. The van der Waals surface area contributed by atoms with Gasteiger partial charge in [-0.05, 0) is 0 Å². The second-order valence-corrected chi connectivity index (χ2v) is 7.00. The van der Waals surface area contributed by atoms with Crippen molar-refractivity contribution in [1.82, 2.24) is 0 Å². The van der Waals surface area contributed by atoms with E-state index in [2.05, 4.69) is 10.8 Å². The Balaban J connectivity index is 2.31. The number of rotatable bonds is 1. The minimum absolute atomic E-state index is 0.128. The summed E-state index contributed by atoms with van der Waals surface area (Å²) in [6, 6.07) is 2.05. The van der Waals surface area contributed by atoms with E-state index in [0.29, 0.717) is 14.5 Å². The van der Waals surface area contributed by atoms with Gasteiger partial charge in [0.05, 0.1) is 0 Å². The van der Waals surface area contributed by atoms with E-state index in [4.69, 9.17) is 0 Å². The first-order chi connectivity index (χ1) is 5.81. The van der Waals surface area contributed by atoms with Crippen molar-refractivity contribution in [1.29, 1.82) is 0 Å². The molecule has 0 amide bonds. The van der Waals surface area contributed by atoms with Crippen LogP contribution in [0.2, 0.25) is 0 Å². The summed E-state index contributed by atoms with van der Waals surface area (Å²) in [4.78, 5) is 11.1. The Kier molecular flexibility index (Phi) is 2.42. The zero-order valence-electron chi connectivity index (χ0n) is 6.62. The molecule has 0 saturated heterocycles. The molecule has 1 aliphatic heterocycles. The molecule has 0 fully saturated rings. The van der Waals surface area contributed by atoms with Gasteiger partial charge in [0.1, 0.15) is 0 Å². The summed E-state index contributed by atoms with van der Waals surface area (Å²) in [5.41, 5.74) is 1.44. The molecule has 64 valence electrons. The number of carbonyl (C=O) groups excluding carboxylic acids is 1. The number of fused-ring (bicyclic) bond motifs is 1. The predicted molar refractivity (Wildman–Crippen MR) is 47.9 cm³/mol.